The first-order valence-electron chi connectivity index (χ1n) is 10.2. The van der Waals surface area contributed by atoms with Crippen LogP contribution in [0, 0.1) is 13.8 Å². The SMILES string of the molecule is COC(=O)c1[nH]c(C)c(/C([O-])=C2\C(=O)C(=O)N(CC[NH+](C)C)C2c2cccc(Cl)c2)c1C. The predicted molar refractivity (Wildman–Crippen MR) is 117 cm³/mol. The molecule has 0 bridgehead atoms. The first kappa shape index (κ1) is 23.6. The molecule has 2 aromatic rings. The number of nitrogens with one attached hydrogen (secondary N) is 2. The van der Waals surface area contributed by atoms with Crippen molar-refractivity contribution in [3.05, 3.63) is 62.9 Å². The van der Waals surface area contributed by atoms with E-state index in [4.69, 9.17) is 16.3 Å². The van der Waals surface area contributed by atoms with Gasteiger partial charge >= 0.3 is 5.97 Å². The Kier molecular flexibility index (Phi) is 6.76. The maximum atomic E-state index is 13.7. The van der Waals surface area contributed by atoms with Gasteiger partial charge in [0.15, 0.2) is 0 Å². The number of nitrogens with zero attached hydrogens (tertiary/aromatic N) is 1. The number of quaternary nitrogens is 1. The third-order valence-corrected chi connectivity index (χ3v) is 5.84. The molecule has 1 aliphatic heterocycles. The zero-order chi connectivity index (χ0) is 23.7. The van der Waals surface area contributed by atoms with E-state index in [1.807, 2.05) is 14.1 Å². The van der Waals surface area contributed by atoms with Crippen molar-refractivity contribution in [2.75, 3.05) is 34.3 Å². The zero-order valence-corrected chi connectivity index (χ0v) is 19.4. The number of halogens is 1. The van der Waals surface area contributed by atoms with E-state index >= 15 is 0 Å². The molecule has 1 aromatic heterocycles. The standard InChI is InChI=1S/C23H26ClN3O5/c1-12-16(13(2)25-18(12)23(31)32-5)20(28)17-19(14-7-6-8-15(24)11-14)27(10-9-26(3)4)22(30)21(17)29/h6-8,11,19,25,28H,9-10H2,1-5H3/b20-17+. The topological polar surface area (TPSA) is 107 Å². The Morgan fingerprint density at radius 2 is 1.97 bits per heavy atom. The van der Waals surface area contributed by atoms with Gasteiger partial charge in [-0.1, -0.05) is 29.5 Å². The number of carbonyl (C=O) groups is 3. The summed E-state index contributed by atoms with van der Waals surface area (Å²) in [5.74, 6) is -2.77. The predicted octanol–water partition coefficient (Wildman–Crippen LogP) is 0.440. The Bertz CT molecular complexity index is 1120. The first-order valence-corrected chi connectivity index (χ1v) is 10.5. The molecule has 1 saturated heterocycles. The van der Waals surface area contributed by atoms with E-state index in [0.29, 0.717) is 34.9 Å². The van der Waals surface area contributed by atoms with Gasteiger partial charge in [-0.05, 0) is 42.7 Å². The van der Waals surface area contributed by atoms with Crippen molar-refractivity contribution in [3.63, 3.8) is 0 Å². The van der Waals surface area contributed by atoms with Gasteiger partial charge in [0.25, 0.3) is 5.91 Å². The highest BCUT2D eigenvalue weighted by Gasteiger charge is 2.44. The molecule has 1 aromatic carbocycles. The van der Waals surface area contributed by atoms with Crippen molar-refractivity contribution < 1.29 is 29.1 Å². The summed E-state index contributed by atoms with van der Waals surface area (Å²) in [7, 11) is 5.12. The van der Waals surface area contributed by atoms with Crippen LogP contribution in [0.2, 0.25) is 5.02 Å². The molecular formula is C23H26ClN3O5. The number of hydrogen-bond donors (Lipinski definition) is 2. The Labute approximate surface area is 191 Å². The van der Waals surface area contributed by atoms with Crippen LogP contribution in [0.5, 0.6) is 0 Å². The molecule has 0 radical (unpaired) electrons. The summed E-state index contributed by atoms with van der Waals surface area (Å²) in [5, 5.41) is 14.1. The van der Waals surface area contributed by atoms with Crippen molar-refractivity contribution in [1.82, 2.24) is 9.88 Å². The molecular weight excluding hydrogens is 434 g/mol. The molecule has 8 nitrogen and oxygen atoms in total. The fourth-order valence-corrected chi connectivity index (χ4v) is 4.20. The van der Waals surface area contributed by atoms with Crippen LogP contribution in [0.4, 0.5) is 0 Å². The lowest BCUT2D eigenvalue weighted by molar-refractivity contribution is -0.857. The van der Waals surface area contributed by atoms with Crippen LogP contribution in [-0.4, -0.2) is 61.8 Å². The summed E-state index contributed by atoms with van der Waals surface area (Å²) in [6.45, 7) is 4.12. The van der Waals surface area contributed by atoms with Crippen LogP contribution in [-0.2, 0) is 14.3 Å². The second-order valence-corrected chi connectivity index (χ2v) is 8.54. The molecule has 3 rings (SSSR count). The lowest BCUT2D eigenvalue weighted by atomic mass is 9.94. The third-order valence-electron chi connectivity index (χ3n) is 5.60. The Morgan fingerprint density at radius 1 is 1.28 bits per heavy atom. The number of ether oxygens (including phenoxy) is 1. The molecule has 9 heteroatoms. The highest BCUT2D eigenvalue weighted by Crippen LogP contribution is 2.40. The maximum absolute atomic E-state index is 13.7. The number of aromatic nitrogens is 1. The van der Waals surface area contributed by atoms with Crippen molar-refractivity contribution in [2.24, 2.45) is 0 Å². The number of rotatable bonds is 6. The van der Waals surface area contributed by atoms with Crippen molar-refractivity contribution >= 4 is 35.0 Å². The molecule has 32 heavy (non-hydrogen) atoms. The van der Waals surface area contributed by atoms with E-state index in [2.05, 4.69) is 4.98 Å². The maximum Gasteiger partial charge on any atom is 0.354 e. The number of aryl methyl sites for hydroxylation is 1. The fourth-order valence-electron chi connectivity index (χ4n) is 4.00. The molecule has 1 aliphatic rings. The van der Waals surface area contributed by atoms with E-state index in [-0.39, 0.29) is 16.8 Å². The molecule has 1 fully saturated rings. The first-order chi connectivity index (χ1) is 15.1. The molecule has 170 valence electrons. The van der Waals surface area contributed by atoms with Gasteiger partial charge in [-0.2, -0.15) is 0 Å². The molecule has 1 unspecified atom stereocenters. The fraction of sp³-hybridized carbons (Fsp3) is 0.348. The van der Waals surface area contributed by atoms with Gasteiger partial charge in [0.2, 0.25) is 5.78 Å². The van der Waals surface area contributed by atoms with E-state index < -0.39 is 29.5 Å². The number of methoxy groups -OCH3 is 1. The Hall–Kier alpha value is -3.10. The number of ketones is 1. The smallest absolute Gasteiger partial charge is 0.354 e. The number of aromatic amines is 1. The van der Waals surface area contributed by atoms with Crippen LogP contribution >= 0.6 is 11.6 Å². The minimum Gasteiger partial charge on any atom is -0.872 e. The normalized spacial score (nSPS) is 18.0. The summed E-state index contributed by atoms with van der Waals surface area (Å²) in [6.07, 6.45) is 0. The average molecular weight is 460 g/mol. The largest absolute Gasteiger partial charge is 0.872 e. The van der Waals surface area contributed by atoms with E-state index in [1.54, 1.807) is 38.1 Å². The summed E-state index contributed by atoms with van der Waals surface area (Å²) < 4.78 is 4.77. The van der Waals surface area contributed by atoms with Crippen molar-refractivity contribution in [2.45, 2.75) is 19.9 Å². The Morgan fingerprint density at radius 3 is 2.56 bits per heavy atom. The number of carbonyl (C=O) groups excluding carboxylic acids is 3. The van der Waals surface area contributed by atoms with Crippen LogP contribution in [0.1, 0.15) is 38.9 Å². The van der Waals surface area contributed by atoms with Gasteiger partial charge in [-0.15, -0.1) is 0 Å². The lowest BCUT2D eigenvalue weighted by Gasteiger charge is -2.28. The van der Waals surface area contributed by atoms with E-state index in [9.17, 15) is 19.5 Å². The molecule has 2 heterocycles. The zero-order valence-electron chi connectivity index (χ0n) is 18.7. The second-order valence-electron chi connectivity index (χ2n) is 8.10. The average Bonchev–Trinajstić information content (AvgIpc) is 3.18. The summed E-state index contributed by atoms with van der Waals surface area (Å²) >= 11 is 6.18. The van der Waals surface area contributed by atoms with Gasteiger partial charge in [0, 0.05) is 16.3 Å². The molecule has 1 atom stereocenters. The monoisotopic (exact) mass is 459 g/mol. The molecule has 0 spiro atoms. The van der Waals surface area contributed by atoms with Gasteiger partial charge in [0.1, 0.15) is 5.69 Å². The number of likely N-dealkylation sites (N-methyl/N-ethyl adjacent to an activating group) is 1. The Balaban J connectivity index is 2.23. The minimum absolute atomic E-state index is 0.137. The minimum atomic E-state index is -0.865. The number of likely N-dealkylation sites (tertiary alicyclic amines) is 1. The summed E-state index contributed by atoms with van der Waals surface area (Å²) in [5.41, 5.74) is 1.54. The van der Waals surface area contributed by atoms with Crippen LogP contribution in [0.25, 0.3) is 5.76 Å². The van der Waals surface area contributed by atoms with Crippen LogP contribution < -0.4 is 10.0 Å². The van der Waals surface area contributed by atoms with Gasteiger partial charge in [0.05, 0.1) is 40.3 Å². The molecule has 0 aliphatic carbocycles. The van der Waals surface area contributed by atoms with E-state index in [1.165, 1.54) is 12.0 Å². The lowest BCUT2D eigenvalue weighted by Crippen LogP contribution is -3.06. The number of H-pyrrole nitrogens is 1. The van der Waals surface area contributed by atoms with Crippen LogP contribution in [0.15, 0.2) is 29.8 Å². The van der Waals surface area contributed by atoms with Gasteiger partial charge in [-0.3, -0.25) is 9.59 Å². The number of amides is 1. The number of hydrogen-bond acceptors (Lipinski definition) is 5. The molecule has 1 amide bonds. The van der Waals surface area contributed by atoms with Gasteiger partial charge in [-0.25, -0.2) is 4.79 Å². The third kappa shape index (κ3) is 4.16. The summed E-state index contributed by atoms with van der Waals surface area (Å²) in [6, 6.07) is 5.92. The second kappa shape index (κ2) is 9.18. The van der Waals surface area contributed by atoms with E-state index in [0.717, 1.165) is 4.90 Å². The van der Waals surface area contributed by atoms with Crippen molar-refractivity contribution in [1.29, 1.82) is 0 Å². The highest BCUT2D eigenvalue weighted by molar-refractivity contribution is 6.46. The number of Topliss-reactive ketones (excluding diaryl/α,β-unsaturated/α-hetero) is 1. The van der Waals surface area contributed by atoms with Crippen LogP contribution in [0.3, 0.4) is 0 Å². The van der Waals surface area contributed by atoms with Gasteiger partial charge < -0.3 is 24.6 Å². The number of esters is 1. The summed E-state index contributed by atoms with van der Waals surface area (Å²) in [4.78, 5) is 43.5. The quantitative estimate of drug-likeness (QED) is 0.282. The highest BCUT2D eigenvalue weighted by atomic mass is 35.5. The van der Waals surface area contributed by atoms with Crippen molar-refractivity contribution in [3.8, 4) is 0 Å². The number of benzene rings is 1. The molecule has 2 N–H and O–H groups in total. The molecule has 0 saturated carbocycles.